The first-order valence-corrected chi connectivity index (χ1v) is 6.84. The molecule has 0 saturated carbocycles. The number of piperidine rings is 1. The number of hydrogen-bond acceptors (Lipinski definition) is 2. The molecule has 2 fully saturated rings. The van der Waals surface area contributed by atoms with Gasteiger partial charge in [0.15, 0.2) is 0 Å². The highest BCUT2D eigenvalue weighted by atomic mass is 16.2. The Morgan fingerprint density at radius 2 is 2.28 bits per heavy atom. The summed E-state index contributed by atoms with van der Waals surface area (Å²) in [5, 5.41) is 3.42. The number of fused-ring (bicyclic) bond motifs is 1. The molecule has 0 bridgehead atoms. The molecule has 2 unspecified atom stereocenters. The summed E-state index contributed by atoms with van der Waals surface area (Å²) in [7, 11) is 0. The minimum absolute atomic E-state index is 0.206. The summed E-state index contributed by atoms with van der Waals surface area (Å²) < 4.78 is 0. The van der Waals surface area contributed by atoms with E-state index in [2.05, 4.69) is 10.2 Å². The second kappa shape index (κ2) is 4.73. The van der Waals surface area contributed by atoms with Gasteiger partial charge in [-0.3, -0.25) is 4.79 Å². The molecule has 0 aliphatic carbocycles. The molecule has 0 radical (unpaired) electrons. The van der Waals surface area contributed by atoms with Crippen LogP contribution in [0.15, 0.2) is 24.3 Å². The molecule has 0 aromatic heterocycles. The van der Waals surface area contributed by atoms with E-state index in [4.69, 9.17) is 0 Å². The molecule has 3 nitrogen and oxygen atoms in total. The highest BCUT2D eigenvalue weighted by Crippen LogP contribution is 2.27. The van der Waals surface area contributed by atoms with Gasteiger partial charge < -0.3 is 10.2 Å². The summed E-state index contributed by atoms with van der Waals surface area (Å²) in [4.78, 5) is 14.7. The van der Waals surface area contributed by atoms with Crippen LogP contribution in [-0.4, -0.2) is 36.5 Å². The number of amides is 1. The average molecular weight is 244 g/mol. The molecule has 3 rings (SSSR count). The number of nitrogens with zero attached hydrogens (tertiary/aromatic N) is 1. The molecule has 2 aliphatic rings. The average Bonchev–Trinajstić information content (AvgIpc) is 2.86. The van der Waals surface area contributed by atoms with Gasteiger partial charge in [-0.1, -0.05) is 17.7 Å². The topological polar surface area (TPSA) is 32.3 Å². The van der Waals surface area contributed by atoms with Crippen molar-refractivity contribution in [1.82, 2.24) is 10.2 Å². The van der Waals surface area contributed by atoms with Gasteiger partial charge in [0.2, 0.25) is 0 Å². The molecule has 1 N–H and O–H groups in total. The summed E-state index contributed by atoms with van der Waals surface area (Å²) in [5.41, 5.74) is 1.99. The number of aryl methyl sites for hydroxylation is 1. The fraction of sp³-hybridized carbons (Fsp3) is 0.533. The maximum Gasteiger partial charge on any atom is 0.254 e. The van der Waals surface area contributed by atoms with Gasteiger partial charge in [-0.15, -0.1) is 0 Å². The molecule has 96 valence electrons. The van der Waals surface area contributed by atoms with Crippen molar-refractivity contribution in [2.24, 2.45) is 5.92 Å². The van der Waals surface area contributed by atoms with E-state index in [9.17, 15) is 4.79 Å². The lowest BCUT2D eigenvalue weighted by Gasteiger charge is -2.37. The number of hydrogen-bond donors (Lipinski definition) is 1. The number of benzene rings is 1. The van der Waals surface area contributed by atoms with Crippen molar-refractivity contribution in [2.75, 3.05) is 19.6 Å². The minimum Gasteiger partial charge on any atom is -0.334 e. The minimum atomic E-state index is 0.206. The van der Waals surface area contributed by atoms with Crippen molar-refractivity contribution in [1.29, 1.82) is 0 Å². The standard InChI is InChI=1S/C15H20N2O/c1-11-4-2-5-12(8-11)15(18)17-7-3-6-13-9-16-10-14(13)17/h2,4-5,8,13-14,16H,3,6-7,9-10H2,1H3. The third-order valence-electron chi connectivity index (χ3n) is 4.20. The van der Waals surface area contributed by atoms with Gasteiger partial charge in [0.1, 0.15) is 0 Å². The summed E-state index contributed by atoms with van der Waals surface area (Å²) in [6.07, 6.45) is 2.40. The van der Waals surface area contributed by atoms with Crippen LogP contribution in [0.1, 0.15) is 28.8 Å². The van der Waals surface area contributed by atoms with Crippen molar-refractivity contribution >= 4 is 5.91 Å². The fourth-order valence-electron chi connectivity index (χ4n) is 3.26. The van der Waals surface area contributed by atoms with E-state index in [1.54, 1.807) is 0 Å². The molecule has 18 heavy (non-hydrogen) atoms. The van der Waals surface area contributed by atoms with Crippen LogP contribution in [0.25, 0.3) is 0 Å². The number of rotatable bonds is 1. The van der Waals surface area contributed by atoms with E-state index in [1.807, 2.05) is 31.2 Å². The van der Waals surface area contributed by atoms with Gasteiger partial charge >= 0.3 is 0 Å². The summed E-state index contributed by atoms with van der Waals surface area (Å²) in [6.45, 7) is 4.98. The smallest absolute Gasteiger partial charge is 0.254 e. The van der Waals surface area contributed by atoms with Gasteiger partial charge in [0.05, 0.1) is 0 Å². The number of carbonyl (C=O) groups excluding carboxylic acids is 1. The van der Waals surface area contributed by atoms with E-state index in [0.29, 0.717) is 12.0 Å². The van der Waals surface area contributed by atoms with Crippen LogP contribution in [0.4, 0.5) is 0 Å². The molecule has 2 aliphatic heterocycles. The van der Waals surface area contributed by atoms with Gasteiger partial charge in [0.25, 0.3) is 5.91 Å². The first kappa shape index (κ1) is 11.7. The van der Waals surface area contributed by atoms with E-state index >= 15 is 0 Å². The molecule has 2 saturated heterocycles. The first-order chi connectivity index (χ1) is 8.75. The van der Waals surface area contributed by atoms with Gasteiger partial charge in [0, 0.05) is 31.2 Å². The fourth-order valence-corrected chi connectivity index (χ4v) is 3.26. The quantitative estimate of drug-likeness (QED) is 0.817. The van der Waals surface area contributed by atoms with Crippen molar-refractivity contribution in [3.8, 4) is 0 Å². The monoisotopic (exact) mass is 244 g/mol. The maximum absolute atomic E-state index is 12.6. The lowest BCUT2D eigenvalue weighted by Crippen LogP contribution is -2.48. The zero-order valence-electron chi connectivity index (χ0n) is 10.9. The summed E-state index contributed by atoms with van der Waals surface area (Å²) in [6, 6.07) is 8.34. The molecule has 2 heterocycles. The van der Waals surface area contributed by atoms with Crippen molar-refractivity contribution in [2.45, 2.75) is 25.8 Å². The molecule has 2 atom stereocenters. The Morgan fingerprint density at radius 1 is 1.39 bits per heavy atom. The third-order valence-corrected chi connectivity index (χ3v) is 4.20. The second-order valence-corrected chi connectivity index (χ2v) is 5.50. The molecular formula is C15H20N2O. The predicted octanol–water partition coefficient (Wildman–Crippen LogP) is 1.82. The van der Waals surface area contributed by atoms with Gasteiger partial charge in [-0.2, -0.15) is 0 Å². The molecular weight excluding hydrogens is 224 g/mol. The number of nitrogens with one attached hydrogen (secondary N) is 1. The summed E-state index contributed by atoms with van der Waals surface area (Å²) >= 11 is 0. The lowest BCUT2D eigenvalue weighted by molar-refractivity contribution is 0.0574. The molecule has 3 heteroatoms. The normalized spacial score (nSPS) is 27.1. The summed E-state index contributed by atoms with van der Waals surface area (Å²) in [5.74, 6) is 0.865. The Balaban J connectivity index is 1.83. The van der Waals surface area contributed by atoms with Crippen LogP contribution in [0.3, 0.4) is 0 Å². The van der Waals surface area contributed by atoms with Crippen LogP contribution in [-0.2, 0) is 0 Å². The van der Waals surface area contributed by atoms with Crippen molar-refractivity contribution in [3.63, 3.8) is 0 Å². The first-order valence-electron chi connectivity index (χ1n) is 6.84. The number of likely N-dealkylation sites (tertiary alicyclic amines) is 1. The van der Waals surface area contributed by atoms with E-state index in [1.165, 1.54) is 6.42 Å². The predicted molar refractivity (Wildman–Crippen MR) is 71.6 cm³/mol. The second-order valence-electron chi connectivity index (χ2n) is 5.50. The van der Waals surface area contributed by atoms with Crippen molar-refractivity contribution < 1.29 is 4.79 Å². The van der Waals surface area contributed by atoms with Crippen LogP contribution in [0, 0.1) is 12.8 Å². The molecule has 1 aromatic rings. The van der Waals surface area contributed by atoms with E-state index in [-0.39, 0.29) is 5.91 Å². The third kappa shape index (κ3) is 2.03. The highest BCUT2D eigenvalue weighted by molar-refractivity contribution is 5.94. The van der Waals surface area contributed by atoms with Crippen LogP contribution in [0.2, 0.25) is 0 Å². The van der Waals surface area contributed by atoms with Crippen LogP contribution >= 0.6 is 0 Å². The lowest BCUT2D eigenvalue weighted by atomic mass is 9.91. The number of carbonyl (C=O) groups is 1. The Bertz CT molecular complexity index is 458. The highest BCUT2D eigenvalue weighted by Gasteiger charge is 2.37. The van der Waals surface area contributed by atoms with Crippen molar-refractivity contribution in [3.05, 3.63) is 35.4 Å². The maximum atomic E-state index is 12.6. The van der Waals surface area contributed by atoms with Crippen LogP contribution < -0.4 is 5.32 Å². The molecule has 1 amide bonds. The zero-order valence-corrected chi connectivity index (χ0v) is 10.9. The molecule has 1 aromatic carbocycles. The molecule has 0 spiro atoms. The van der Waals surface area contributed by atoms with Gasteiger partial charge in [-0.05, 0) is 37.8 Å². The SMILES string of the molecule is Cc1cccc(C(=O)N2CCCC3CNCC32)c1. The Morgan fingerprint density at radius 3 is 3.11 bits per heavy atom. The van der Waals surface area contributed by atoms with E-state index in [0.717, 1.165) is 37.2 Å². The Hall–Kier alpha value is -1.35. The zero-order chi connectivity index (χ0) is 12.5. The van der Waals surface area contributed by atoms with E-state index < -0.39 is 0 Å². The van der Waals surface area contributed by atoms with Gasteiger partial charge in [-0.25, -0.2) is 0 Å². The Labute approximate surface area is 108 Å². The Kier molecular flexibility index (Phi) is 3.08. The largest absolute Gasteiger partial charge is 0.334 e. The van der Waals surface area contributed by atoms with Crippen LogP contribution in [0.5, 0.6) is 0 Å².